The lowest BCUT2D eigenvalue weighted by Crippen LogP contribution is -2.42. The normalized spacial score (nSPS) is 19.0. The van der Waals surface area contributed by atoms with Crippen LogP contribution in [0.2, 0.25) is 0 Å². The van der Waals surface area contributed by atoms with Gasteiger partial charge in [0.15, 0.2) is 5.69 Å². The molecule has 2 unspecified atom stereocenters. The number of likely N-dealkylation sites (tertiary alicyclic amines) is 1. The van der Waals surface area contributed by atoms with Gasteiger partial charge in [0.2, 0.25) is 0 Å². The molecular formula is C24H28FN5O2. The molecular weight excluding hydrogens is 409 g/mol. The quantitative estimate of drug-likeness (QED) is 0.639. The highest BCUT2D eigenvalue weighted by Gasteiger charge is 2.31. The van der Waals surface area contributed by atoms with Crippen molar-refractivity contribution in [3.63, 3.8) is 0 Å². The lowest BCUT2D eigenvalue weighted by atomic mass is 9.85. The number of halogens is 1. The van der Waals surface area contributed by atoms with Crippen LogP contribution in [0.1, 0.15) is 40.6 Å². The summed E-state index contributed by atoms with van der Waals surface area (Å²) in [6.07, 6.45) is 2.12. The molecule has 1 fully saturated rings. The van der Waals surface area contributed by atoms with E-state index in [2.05, 4.69) is 39.7 Å². The molecule has 7 nitrogen and oxygen atoms in total. The van der Waals surface area contributed by atoms with Crippen LogP contribution in [0.4, 0.5) is 4.39 Å². The highest BCUT2D eigenvalue weighted by atomic mass is 19.1. The number of carbonyl (C=O) groups is 1. The van der Waals surface area contributed by atoms with Crippen LogP contribution in [0.3, 0.4) is 0 Å². The Morgan fingerprint density at radius 1 is 1.19 bits per heavy atom. The van der Waals surface area contributed by atoms with Gasteiger partial charge in [-0.15, -0.1) is 5.10 Å². The van der Waals surface area contributed by atoms with Crippen molar-refractivity contribution < 1.29 is 13.9 Å². The first-order chi connectivity index (χ1) is 15.5. The van der Waals surface area contributed by atoms with Gasteiger partial charge < -0.3 is 10.1 Å². The van der Waals surface area contributed by atoms with Crippen molar-refractivity contribution >= 4 is 5.91 Å². The van der Waals surface area contributed by atoms with Crippen molar-refractivity contribution in [3.05, 3.63) is 71.3 Å². The maximum Gasteiger partial charge on any atom is 0.273 e. The predicted octanol–water partition coefficient (Wildman–Crippen LogP) is 3.54. The van der Waals surface area contributed by atoms with Gasteiger partial charge in [-0.1, -0.05) is 17.3 Å². The molecule has 1 amide bonds. The van der Waals surface area contributed by atoms with E-state index in [1.807, 2.05) is 12.1 Å². The zero-order valence-electron chi connectivity index (χ0n) is 18.6. The molecule has 2 atom stereocenters. The Bertz CT molecular complexity index is 1060. The van der Waals surface area contributed by atoms with Gasteiger partial charge in [-0.05, 0) is 81.2 Å². The maximum absolute atomic E-state index is 13.2. The fourth-order valence-electron chi connectivity index (χ4n) is 4.48. The third-order valence-electron chi connectivity index (χ3n) is 6.17. The van der Waals surface area contributed by atoms with Gasteiger partial charge in [0, 0.05) is 12.6 Å². The third-order valence-corrected chi connectivity index (χ3v) is 6.17. The molecule has 1 aromatic heterocycles. The van der Waals surface area contributed by atoms with E-state index in [9.17, 15) is 9.18 Å². The number of rotatable bonds is 6. The molecule has 2 heterocycles. The van der Waals surface area contributed by atoms with E-state index in [1.165, 1.54) is 17.7 Å². The molecule has 0 bridgehead atoms. The van der Waals surface area contributed by atoms with Crippen molar-refractivity contribution in [2.45, 2.75) is 25.8 Å². The van der Waals surface area contributed by atoms with Crippen molar-refractivity contribution in [2.24, 2.45) is 5.92 Å². The zero-order chi connectivity index (χ0) is 22.7. The largest absolute Gasteiger partial charge is 0.497 e. The van der Waals surface area contributed by atoms with Gasteiger partial charge in [0.25, 0.3) is 5.91 Å². The maximum atomic E-state index is 13.2. The first-order valence-electron chi connectivity index (χ1n) is 10.8. The highest BCUT2D eigenvalue weighted by molar-refractivity contribution is 5.93. The molecule has 0 saturated carbocycles. The molecule has 8 heteroatoms. The summed E-state index contributed by atoms with van der Waals surface area (Å²) in [6.45, 7) is 3.35. The first kappa shape index (κ1) is 22.0. The zero-order valence-corrected chi connectivity index (χ0v) is 18.6. The summed E-state index contributed by atoms with van der Waals surface area (Å²) in [5, 5.41) is 11.2. The second-order valence-corrected chi connectivity index (χ2v) is 8.22. The van der Waals surface area contributed by atoms with Crippen LogP contribution < -0.4 is 10.1 Å². The first-order valence-corrected chi connectivity index (χ1v) is 10.8. The van der Waals surface area contributed by atoms with Gasteiger partial charge >= 0.3 is 0 Å². The topological polar surface area (TPSA) is 72.3 Å². The summed E-state index contributed by atoms with van der Waals surface area (Å²) >= 11 is 0. The van der Waals surface area contributed by atoms with Crippen LogP contribution in [-0.4, -0.2) is 53.0 Å². The number of methoxy groups -OCH3 is 1. The number of hydrogen-bond acceptors (Lipinski definition) is 5. The number of nitrogens with one attached hydrogen (secondary N) is 1. The number of ether oxygens (including phenoxy) is 1. The van der Waals surface area contributed by atoms with Crippen LogP contribution >= 0.6 is 0 Å². The molecule has 1 N–H and O–H groups in total. The van der Waals surface area contributed by atoms with Crippen molar-refractivity contribution in [3.8, 4) is 11.4 Å². The predicted molar refractivity (Wildman–Crippen MR) is 119 cm³/mol. The third kappa shape index (κ3) is 4.50. The van der Waals surface area contributed by atoms with Gasteiger partial charge in [-0.3, -0.25) is 9.69 Å². The Kier molecular flexibility index (Phi) is 6.50. The molecule has 1 aliphatic rings. The number of amides is 1. The Hall–Kier alpha value is -3.26. The van der Waals surface area contributed by atoms with Crippen molar-refractivity contribution in [1.29, 1.82) is 0 Å². The minimum Gasteiger partial charge on any atom is -0.497 e. The van der Waals surface area contributed by atoms with E-state index >= 15 is 0 Å². The standard InChI is InChI=1S/C24H28FN5O2/c1-16-22(27-28-30(16)20-10-8-19(25)9-11-20)24(31)26-15-18-5-4-14-29(2)23(18)17-6-12-21(32-3)13-7-17/h6-13,18,23H,4-5,14-15H2,1-3H3,(H,26,31). The molecule has 4 rings (SSSR count). The van der Waals surface area contributed by atoms with Crippen molar-refractivity contribution in [1.82, 2.24) is 25.2 Å². The van der Waals surface area contributed by atoms with Gasteiger partial charge in [-0.25, -0.2) is 9.07 Å². The van der Waals surface area contributed by atoms with E-state index < -0.39 is 0 Å². The minimum absolute atomic E-state index is 0.214. The molecule has 0 radical (unpaired) electrons. The Morgan fingerprint density at radius 2 is 1.91 bits per heavy atom. The summed E-state index contributed by atoms with van der Waals surface area (Å²) in [5.41, 5.74) is 2.76. The number of benzene rings is 2. The molecule has 32 heavy (non-hydrogen) atoms. The van der Waals surface area contributed by atoms with Crippen molar-refractivity contribution in [2.75, 3.05) is 27.2 Å². The molecule has 168 valence electrons. The molecule has 1 aliphatic heterocycles. The van der Waals surface area contributed by atoms with Crippen LogP contribution in [-0.2, 0) is 0 Å². The van der Waals surface area contributed by atoms with Crippen LogP contribution in [0.5, 0.6) is 5.75 Å². The molecule has 3 aromatic rings. The minimum atomic E-state index is -0.326. The van der Waals surface area contributed by atoms with E-state index in [1.54, 1.807) is 30.8 Å². The Morgan fingerprint density at radius 3 is 2.59 bits per heavy atom. The van der Waals surface area contributed by atoms with Gasteiger partial charge in [-0.2, -0.15) is 0 Å². The fraction of sp³-hybridized carbons (Fsp3) is 0.375. The summed E-state index contributed by atoms with van der Waals surface area (Å²) in [5.74, 6) is 0.529. The number of piperidine rings is 1. The molecule has 1 saturated heterocycles. The van der Waals surface area contributed by atoms with Crippen LogP contribution in [0.15, 0.2) is 48.5 Å². The molecule has 0 spiro atoms. The fourth-order valence-corrected chi connectivity index (χ4v) is 4.48. The number of nitrogens with zero attached hydrogens (tertiary/aromatic N) is 4. The number of carbonyl (C=O) groups excluding carboxylic acids is 1. The van der Waals surface area contributed by atoms with Gasteiger partial charge in [0.05, 0.1) is 18.5 Å². The second kappa shape index (κ2) is 9.48. The lowest BCUT2D eigenvalue weighted by Gasteiger charge is -2.39. The summed E-state index contributed by atoms with van der Waals surface area (Å²) < 4.78 is 20.0. The van der Waals surface area contributed by atoms with E-state index in [0.29, 0.717) is 17.9 Å². The lowest BCUT2D eigenvalue weighted by molar-refractivity contribution is 0.0886. The Labute approximate surface area is 187 Å². The van der Waals surface area contributed by atoms with E-state index in [4.69, 9.17) is 4.74 Å². The van der Waals surface area contributed by atoms with E-state index in [-0.39, 0.29) is 29.4 Å². The summed E-state index contributed by atoms with van der Waals surface area (Å²) in [7, 11) is 3.79. The smallest absolute Gasteiger partial charge is 0.273 e. The molecule has 2 aromatic carbocycles. The van der Waals surface area contributed by atoms with E-state index in [0.717, 1.165) is 25.1 Å². The Balaban J connectivity index is 1.47. The average Bonchev–Trinajstić information content (AvgIpc) is 3.19. The number of aromatic nitrogens is 3. The van der Waals surface area contributed by atoms with Crippen LogP contribution in [0, 0.1) is 18.7 Å². The highest BCUT2D eigenvalue weighted by Crippen LogP contribution is 2.35. The molecule has 0 aliphatic carbocycles. The van der Waals surface area contributed by atoms with Gasteiger partial charge in [0.1, 0.15) is 11.6 Å². The second-order valence-electron chi connectivity index (χ2n) is 8.22. The summed E-state index contributed by atoms with van der Waals surface area (Å²) in [6, 6.07) is 14.3. The van der Waals surface area contributed by atoms with Crippen LogP contribution in [0.25, 0.3) is 5.69 Å². The monoisotopic (exact) mass is 437 g/mol. The SMILES string of the molecule is COc1ccc(C2C(CNC(=O)c3nnn(-c4ccc(F)cc4)c3C)CCCN2C)cc1. The number of hydrogen-bond donors (Lipinski definition) is 1. The average molecular weight is 438 g/mol. The summed E-state index contributed by atoms with van der Waals surface area (Å²) in [4.78, 5) is 15.2.